The van der Waals surface area contributed by atoms with Gasteiger partial charge in [-0.25, -0.2) is 0 Å². The zero-order chi connectivity index (χ0) is 21.1. The van der Waals surface area contributed by atoms with Gasteiger partial charge in [0.25, 0.3) is 5.69 Å². The molecule has 30 heavy (non-hydrogen) atoms. The molecule has 0 unspecified atom stereocenters. The molecule has 2 aromatic carbocycles. The van der Waals surface area contributed by atoms with Crippen molar-refractivity contribution in [3.05, 3.63) is 64.5 Å². The molecule has 2 heterocycles. The number of piperazine rings is 1. The third-order valence-electron chi connectivity index (χ3n) is 5.42. The van der Waals surface area contributed by atoms with Gasteiger partial charge in [0.1, 0.15) is 5.75 Å². The zero-order valence-corrected chi connectivity index (χ0v) is 16.9. The lowest BCUT2D eigenvalue weighted by molar-refractivity contribution is -0.384. The Hall–Kier alpha value is -3.46. The first-order chi connectivity index (χ1) is 14.5. The number of rotatable bonds is 6. The Kier molecular flexibility index (Phi) is 5.62. The van der Waals surface area contributed by atoms with Crippen LogP contribution in [0, 0.1) is 10.1 Å². The highest BCUT2D eigenvalue weighted by molar-refractivity contribution is 5.54. The molecule has 1 aliphatic rings. The summed E-state index contributed by atoms with van der Waals surface area (Å²) in [5, 5.41) is 19.3. The van der Waals surface area contributed by atoms with E-state index in [0.29, 0.717) is 11.8 Å². The number of benzene rings is 2. The number of hydrogen-bond donors (Lipinski definition) is 0. The quantitative estimate of drug-likeness (QED) is 0.450. The van der Waals surface area contributed by atoms with Gasteiger partial charge in [-0.05, 0) is 43.3 Å². The molecule has 9 heteroatoms. The van der Waals surface area contributed by atoms with Gasteiger partial charge in [0.15, 0.2) is 0 Å². The van der Waals surface area contributed by atoms with Crippen LogP contribution in [-0.2, 0) is 0 Å². The molecule has 0 spiro atoms. The van der Waals surface area contributed by atoms with E-state index >= 15 is 0 Å². The van der Waals surface area contributed by atoms with E-state index in [2.05, 4.69) is 26.9 Å². The van der Waals surface area contributed by atoms with Crippen molar-refractivity contribution in [3.63, 3.8) is 0 Å². The summed E-state index contributed by atoms with van der Waals surface area (Å²) in [5.41, 5.74) is 1.95. The standard InChI is InChI=1S/C21H23N5O4/c1-15(20-22-23-21(30-20)16-3-9-19(29-2)10-4-16)24-11-13-25(14-12-24)17-5-7-18(8-6-17)26(27)28/h3-10,15H,11-14H2,1-2H3/t15-/m0/s1. The molecule has 1 atom stereocenters. The largest absolute Gasteiger partial charge is 0.497 e. The topological polar surface area (TPSA) is 97.8 Å². The molecule has 0 bridgehead atoms. The lowest BCUT2D eigenvalue weighted by atomic mass is 10.2. The van der Waals surface area contributed by atoms with E-state index in [9.17, 15) is 10.1 Å². The smallest absolute Gasteiger partial charge is 0.269 e. The summed E-state index contributed by atoms with van der Waals surface area (Å²) in [4.78, 5) is 15.0. The fourth-order valence-corrected chi connectivity index (χ4v) is 3.56. The minimum atomic E-state index is -0.381. The number of nitro groups is 1. The van der Waals surface area contributed by atoms with Crippen molar-refractivity contribution in [1.29, 1.82) is 0 Å². The molecular weight excluding hydrogens is 386 g/mol. The number of hydrogen-bond acceptors (Lipinski definition) is 8. The van der Waals surface area contributed by atoms with Crippen molar-refractivity contribution < 1.29 is 14.1 Å². The molecule has 3 aromatic rings. The summed E-state index contributed by atoms with van der Waals surface area (Å²) in [5.74, 6) is 1.85. The Bertz CT molecular complexity index is 995. The van der Waals surface area contributed by atoms with E-state index in [1.807, 2.05) is 24.3 Å². The molecule has 1 saturated heterocycles. The van der Waals surface area contributed by atoms with Crippen molar-refractivity contribution in [2.45, 2.75) is 13.0 Å². The minimum absolute atomic E-state index is 0.00325. The summed E-state index contributed by atoms with van der Waals surface area (Å²) in [6, 6.07) is 14.2. The van der Waals surface area contributed by atoms with Crippen molar-refractivity contribution in [2.75, 3.05) is 38.2 Å². The Balaban J connectivity index is 1.37. The third-order valence-corrected chi connectivity index (χ3v) is 5.42. The normalized spacial score (nSPS) is 15.7. The maximum absolute atomic E-state index is 10.8. The molecule has 0 amide bonds. The Morgan fingerprint density at radius 3 is 2.30 bits per heavy atom. The minimum Gasteiger partial charge on any atom is -0.497 e. The summed E-state index contributed by atoms with van der Waals surface area (Å²) >= 11 is 0. The van der Waals surface area contributed by atoms with Crippen molar-refractivity contribution >= 4 is 11.4 Å². The first-order valence-electron chi connectivity index (χ1n) is 9.76. The molecule has 0 saturated carbocycles. The summed E-state index contributed by atoms with van der Waals surface area (Å²) in [6.45, 7) is 5.37. The highest BCUT2D eigenvalue weighted by atomic mass is 16.6. The van der Waals surface area contributed by atoms with Crippen LogP contribution >= 0.6 is 0 Å². The average molecular weight is 409 g/mol. The van der Waals surface area contributed by atoms with Crippen LogP contribution in [0.2, 0.25) is 0 Å². The van der Waals surface area contributed by atoms with Gasteiger partial charge >= 0.3 is 0 Å². The molecular formula is C21H23N5O4. The van der Waals surface area contributed by atoms with E-state index in [1.54, 1.807) is 31.4 Å². The van der Waals surface area contributed by atoms with E-state index in [-0.39, 0.29) is 16.7 Å². The van der Waals surface area contributed by atoms with E-state index in [1.165, 1.54) is 0 Å². The number of non-ortho nitro benzene ring substituents is 1. The first kappa shape index (κ1) is 19.8. The van der Waals surface area contributed by atoms with Gasteiger partial charge in [0.2, 0.25) is 11.8 Å². The highest BCUT2D eigenvalue weighted by Gasteiger charge is 2.26. The van der Waals surface area contributed by atoms with Crippen LogP contribution in [0.1, 0.15) is 18.9 Å². The van der Waals surface area contributed by atoms with Crippen LogP contribution in [0.5, 0.6) is 5.75 Å². The number of nitrogens with zero attached hydrogens (tertiary/aromatic N) is 5. The third kappa shape index (κ3) is 4.11. The number of anilines is 1. The Labute approximate surface area is 174 Å². The number of methoxy groups -OCH3 is 1. The average Bonchev–Trinajstić information content (AvgIpc) is 3.29. The summed E-state index contributed by atoms with van der Waals surface area (Å²) < 4.78 is 11.1. The predicted octanol–water partition coefficient (Wildman–Crippen LogP) is 3.54. The molecule has 1 aliphatic heterocycles. The fraction of sp³-hybridized carbons (Fsp3) is 0.333. The maximum Gasteiger partial charge on any atom is 0.269 e. The van der Waals surface area contributed by atoms with E-state index < -0.39 is 0 Å². The van der Waals surface area contributed by atoms with Gasteiger partial charge in [-0.2, -0.15) is 0 Å². The van der Waals surface area contributed by atoms with E-state index in [4.69, 9.17) is 9.15 Å². The SMILES string of the molecule is COc1ccc(-c2nnc([C@H](C)N3CCN(c4ccc([N+](=O)[O-])cc4)CC3)o2)cc1. The van der Waals surface area contributed by atoms with Crippen LogP contribution < -0.4 is 9.64 Å². The van der Waals surface area contributed by atoms with Crippen molar-refractivity contribution in [3.8, 4) is 17.2 Å². The van der Waals surface area contributed by atoms with Crippen LogP contribution in [0.25, 0.3) is 11.5 Å². The van der Waals surface area contributed by atoms with Crippen molar-refractivity contribution in [2.24, 2.45) is 0 Å². The number of ether oxygens (including phenoxy) is 1. The van der Waals surface area contributed by atoms with Gasteiger partial charge in [0.05, 0.1) is 18.1 Å². The van der Waals surface area contributed by atoms with Gasteiger partial charge in [-0.3, -0.25) is 15.0 Å². The van der Waals surface area contributed by atoms with Gasteiger partial charge in [-0.15, -0.1) is 10.2 Å². The first-order valence-corrected chi connectivity index (χ1v) is 9.76. The van der Waals surface area contributed by atoms with Gasteiger partial charge in [0, 0.05) is 49.6 Å². The molecule has 0 N–H and O–H groups in total. The van der Waals surface area contributed by atoms with Crippen LogP contribution in [0.4, 0.5) is 11.4 Å². The van der Waals surface area contributed by atoms with Crippen molar-refractivity contribution in [1.82, 2.24) is 15.1 Å². The monoisotopic (exact) mass is 409 g/mol. The predicted molar refractivity (Wildman–Crippen MR) is 112 cm³/mol. The van der Waals surface area contributed by atoms with E-state index in [0.717, 1.165) is 43.2 Å². The molecule has 156 valence electrons. The highest BCUT2D eigenvalue weighted by Crippen LogP contribution is 2.27. The lowest BCUT2D eigenvalue weighted by Crippen LogP contribution is -2.47. The zero-order valence-electron chi connectivity index (χ0n) is 16.9. The fourth-order valence-electron chi connectivity index (χ4n) is 3.56. The molecule has 1 aromatic heterocycles. The van der Waals surface area contributed by atoms with Gasteiger partial charge in [-0.1, -0.05) is 0 Å². The number of aromatic nitrogens is 2. The van der Waals surface area contributed by atoms with Crippen LogP contribution in [-0.4, -0.2) is 53.3 Å². The van der Waals surface area contributed by atoms with Crippen LogP contribution in [0.3, 0.4) is 0 Å². The number of nitro benzene ring substituents is 1. The summed E-state index contributed by atoms with van der Waals surface area (Å²) in [6.07, 6.45) is 0. The Morgan fingerprint density at radius 1 is 1.03 bits per heavy atom. The molecule has 0 aliphatic carbocycles. The Morgan fingerprint density at radius 2 is 1.70 bits per heavy atom. The lowest BCUT2D eigenvalue weighted by Gasteiger charge is -2.38. The second kappa shape index (κ2) is 8.50. The molecule has 9 nitrogen and oxygen atoms in total. The molecule has 4 rings (SSSR count). The van der Waals surface area contributed by atoms with Gasteiger partial charge < -0.3 is 14.1 Å². The molecule has 1 fully saturated rings. The van der Waals surface area contributed by atoms with Crippen LogP contribution in [0.15, 0.2) is 52.9 Å². The molecule has 0 radical (unpaired) electrons. The second-order valence-corrected chi connectivity index (χ2v) is 7.15. The maximum atomic E-state index is 10.8. The second-order valence-electron chi connectivity index (χ2n) is 7.15. The summed E-state index contributed by atoms with van der Waals surface area (Å²) in [7, 11) is 1.63.